The van der Waals surface area contributed by atoms with Crippen LogP contribution in [-0.2, 0) is 4.79 Å². The Balaban J connectivity index is 2.39. The second-order valence-electron chi connectivity index (χ2n) is 5.31. The minimum Gasteiger partial charge on any atom is -0.352 e. The lowest BCUT2D eigenvalue weighted by Crippen LogP contribution is -2.54. The van der Waals surface area contributed by atoms with Crippen LogP contribution < -0.4 is 10.6 Å². The van der Waals surface area contributed by atoms with Crippen molar-refractivity contribution in [2.75, 3.05) is 7.05 Å². The van der Waals surface area contributed by atoms with E-state index >= 15 is 0 Å². The summed E-state index contributed by atoms with van der Waals surface area (Å²) in [4.78, 5) is 11.9. The third-order valence-corrected chi connectivity index (χ3v) is 3.54. The summed E-state index contributed by atoms with van der Waals surface area (Å²) >= 11 is 0. The molecule has 0 heterocycles. The van der Waals surface area contributed by atoms with Crippen LogP contribution in [0.5, 0.6) is 0 Å². The third-order valence-electron chi connectivity index (χ3n) is 3.54. The molecule has 1 amide bonds. The van der Waals surface area contributed by atoms with Crippen molar-refractivity contribution in [1.82, 2.24) is 10.6 Å². The summed E-state index contributed by atoms with van der Waals surface area (Å²) in [7, 11) is 1.82. The van der Waals surface area contributed by atoms with Crippen molar-refractivity contribution < 1.29 is 4.79 Å². The molecule has 1 fully saturated rings. The van der Waals surface area contributed by atoms with Gasteiger partial charge in [0.05, 0.1) is 5.54 Å². The Morgan fingerprint density at radius 3 is 2.20 bits per heavy atom. The number of carbonyl (C=O) groups excluding carboxylic acids is 1. The summed E-state index contributed by atoms with van der Waals surface area (Å²) < 4.78 is 0. The summed E-state index contributed by atoms with van der Waals surface area (Å²) in [6.07, 6.45) is 4.75. The molecule has 3 nitrogen and oxygen atoms in total. The fourth-order valence-corrected chi connectivity index (χ4v) is 1.88. The molecular weight excluding hydrogens is 188 g/mol. The Morgan fingerprint density at radius 1 is 1.20 bits per heavy atom. The summed E-state index contributed by atoms with van der Waals surface area (Å²) in [6, 6.07) is 0.390. The molecule has 3 heteroatoms. The molecule has 0 aliphatic heterocycles. The maximum Gasteiger partial charge on any atom is 0.239 e. The van der Waals surface area contributed by atoms with Crippen molar-refractivity contribution in [3.63, 3.8) is 0 Å². The summed E-state index contributed by atoms with van der Waals surface area (Å²) in [5, 5.41) is 6.16. The Kier molecular flexibility index (Phi) is 4.14. The van der Waals surface area contributed by atoms with E-state index in [9.17, 15) is 4.79 Å². The van der Waals surface area contributed by atoms with Gasteiger partial charge >= 0.3 is 0 Å². The molecule has 0 spiro atoms. The van der Waals surface area contributed by atoms with Gasteiger partial charge in [0.15, 0.2) is 0 Å². The molecule has 0 aromatic heterocycles. The van der Waals surface area contributed by atoms with Crippen LogP contribution in [0.1, 0.15) is 46.5 Å². The minimum atomic E-state index is -0.455. The van der Waals surface area contributed by atoms with Gasteiger partial charge in [0.25, 0.3) is 0 Å². The summed E-state index contributed by atoms with van der Waals surface area (Å²) in [5.41, 5.74) is -0.455. The molecule has 1 rings (SSSR count). The van der Waals surface area contributed by atoms with Gasteiger partial charge in [0.1, 0.15) is 0 Å². The molecule has 0 atom stereocenters. The number of amides is 1. The lowest BCUT2D eigenvalue weighted by atomic mass is 9.87. The monoisotopic (exact) mass is 212 g/mol. The molecule has 1 aliphatic carbocycles. The van der Waals surface area contributed by atoms with Crippen LogP contribution in [0.4, 0.5) is 0 Å². The highest BCUT2D eigenvalue weighted by Crippen LogP contribution is 2.23. The van der Waals surface area contributed by atoms with E-state index in [0.717, 1.165) is 18.8 Å². The van der Waals surface area contributed by atoms with E-state index in [4.69, 9.17) is 0 Å². The first-order valence-electron chi connectivity index (χ1n) is 5.95. The standard InChI is InChI=1S/C12H24N2O/c1-9-5-7-10(8-6-9)14-11(15)12(2,3)13-4/h9-10,13H,5-8H2,1-4H3,(H,14,15). The van der Waals surface area contributed by atoms with E-state index in [2.05, 4.69) is 17.6 Å². The van der Waals surface area contributed by atoms with Crippen LogP contribution in [0.15, 0.2) is 0 Å². The lowest BCUT2D eigenvalue weighted by Gasteiger charge is -2.31. The predicted molar refractivity (Wildman–Crippen MR) is 62.7 cm³/mol. The summed E-state index contributed by atoms with van der Waals surface area (Å²) in [6.45, 7) is 6.11. The maximum absolute atomic E-state index is 11.9. The van der Waals surface area contributed by atoms with Crippen LogP contribution >= 0.6 is 0 Å². The van der Waals surface area contributed by atoms with Crippen molar-refractivity contribution in [2.45, 2.75) is 58.0 Å². The van der Waals surface area contributed by atoms with E-state index in [1.165, 1.54) is 12.8 Å². The molecular formula is C12H24N2O. The molecule has 0 saturated heterocycles. The van der Waals surface area contributed by atoms with Crippen LogP contribution in [0.25, 0.3) is 0 Å². The second kappa shape index (κ2) is 4.97. The van der Waals surface area contributed by atoms with Crippen molar-refractivity contribution in [3.05, 3.63) is 0 Å². The van der Waals surface area contributed by atoms with Gasteiger partial charge in [-0.05, 0) is 52.5 Å². The molecule has 0 unspecified atom stereocenters. The van der Waals surface area contributed by atoms with Crippen molar-refractivity contribution in [3.8, 4) is 0 Å². The van der Waals surface area contributed by atoms with Crippen LogP contribution in [-0.4, -0.2) is 24.5 Å². The number of hydrogen-bond acceptors (Lipinski definition) is 2. The Bertz CT molecular complexity index is 218. The number of hydrogen-bond donors (Lipinski definition) is 2. The van der Waals surface area contributed by atoms with Crippen molar-refractivity contribution in [1.29, 1.82) is 0 Å². The molecule has 0 aromatic rings. The molecule has 0 aromatic carbocycles. The molecule has 0 bridgehead atoms. The number of nitrogens with one attached hydrogen (secondary N) is 2. The lowest BCUT2D eigenvalue weighted by molar-refractivity contribution is -0.127. The number of rotatable bonds is 3. The average Bonchev–Trinajstić information content (AvgIpc) is 2.21. The molecule has 1 saturated carbocycles. The fraction of sp³-hybridized carbons (Fsp3) is 0.917. The normalized spacial score (nSPS) is 27.5. The second-order valence-corrected chi connectivity index (χ2v) is 5.31. The van der Waals surface area contributed by atoms with E-state index in [0.29, 0.717) is 6.04 Å². The first-order chi connectivity index (χ1) is 6.95. The van der Waals surface area contributed by atoms with Gasteiger partial charge in [-0.25, -0.2) is 0 Å². The zero-order valence-electron chi connectivity index (χ0n) is 10.4. The van der Waals surface area contributed by atoms with Gasteiger partial charge in [0.2, 0.25) is 5.91 Å². The minimum absolute atomic E-state index is 0.115. The first-order valence-corrected chi connectivity index (χ1v) is 5.95. The van der Waals surface area contributed by atoms with Crippen LogP contribution in [0.3, 0.4) is 0 Å². The van der Waals surface area contributed by atoms with Crippen molar-refractivity contribution >= 4 is 5.91 Å². The smallest absolute Gasteiger partial charge is 0.239 e. The third kappa shape index (κ3) is 3.49. The largest absolute Gasteiger partial charge is 0.352 e. The van der Waals surface area contributed by atoms with Gasteiger partial charge < -0.3 is 10.6 Å². The quantitative estimate of drug-likeness (QED) is 0.747. The molecule has 0 radical (unpaired) electrons. The van der Waals surface area contributed by atoms with Crippen molar-refractivity contribution in [2.24, 2.45) is 5.92 Å². The highest BCUT2D eigenvalue weighted by atomic mass is 16.2. The van der Waals surface area contributed by atoms with E-state index in [1.54, 1.807) is 0 Å². The SMILES string of the molecule is CNC(C)(C)C(=O)NC1CCC(C)CC1. The number of carbonyl (C=O) groups is 1. The van der Waals surface area contributed by atoms with Gasteiger partial charge in [0, 0.05) is 6.04 Å². The topological polar surface area (TPSA) is 41.1 Å². The molecule has 88 valence electrons. The van der Waals surface area contributed by atoms with E-state index < -0.39 is 5.54 Å². The molecule has 2 N–H and O–H groups in total. The van der Waals surface area contributed by atoms with Gasteiger partial charge in [-0.3, -0.25) is 4.79 Å². The van der Waals surface area contributed by atoms with Crippen LogP contribution in [0, 0.1) is 5.92 Å². The fourth-order valence-electron chi connectivity index (χ4n) is 1.88. The zero-order valence-corrected chi connectivity index (χ0v) is 10.4. The molecule has 15 heavy (non-hydrogen) atoms. The predicted octanol–water partition coefficient (Wildman–Crippen LogP) is 1.68. The van der Waals surface area contributed by atoms with Crippen LogP contribution in [0.2, 0.25) is 0 Å². The average molecular weight is 212 g/mol. The highest BCUT2D eigenvalue weighted by Gasteiger charge is 2.28. The Hall–Kier alpha value is -0.570. The Labute approximate surface area is 93.0 Å². The number of likely N-dealkylation sites (N-methyl/N-ethyl adjacent to an activating group) is 1. The van der Waals surface area contributed by atoms with Gasteiger partial charge in [-0.2, -0.15) is 0 Å². The van der Waals surface area contributed by atoms with E-state index in [-0.39, 0.29) is 5.91 Å². The Morgan fingerprint density at radius 2 is 1.73 bits per heavy atom. The van der Waals surface area contributed by atoms with E-state index in [1.807, 2.05) is 20.9 Å². The zero-order chi connectivity index (χ0) is 11.5. The molecule has 1 aliphatic rings. The van der Waals surface area contributed by atoms with Gasteiger partial charge in [-0.15, -0.1) is 0 Å². The van der Waals surface area contributed by atoms with Gasteiger partial charge in [-0.1, -0.05) is 6.92 Å². The first kappa shape index (κ1) is 12.5. The maximum atomic E-state index is 11.9. The summed E-state index contributed by atoms with van der Waals surface area (Å²) in [5.74, 6) is 0.944. The highest BCUT2D eigenvalue weighted by molar-refractivity contribution is 5.85.